The van der Waals surface area contributed by atoms with Crippen molar-refractivity contribution < 1.29 is 24.2 Å². The predicted octanol–water partition coefficient (Wildman–Crippen LogP) is 3.50. The minimum atomic E-state index is -2.30. The lowest BCUT2D eigenvalue weighted by Gasteiger charge is -2.36. The number of carbonyl (C=O) groups excluding carboxylic acids is 3. The number of nitrogens with zero attached hydrogens (tertiary/aromatic N) is 1. The Balaban J connectivity index is 1.93. The molecule has 1 heterocycles. The van der Waals surface area contributed by atoms with Crippen LogP contribution in [0.1, 0.15) is 57.2 Å². The molecule has 0 saturated carbocycles. The highest BCUT2D eigenvalue weighted by Gasteiger charge is 2.51. The zero-order valence-corrected chi connectivity index (χ0v) is 25.7. The highest BCUT2D eigenvalue weighted by atomic mass is 32.1. The SMILES string of the molecule is CC(C)CC(NC(=O)C(N)Cc1ccccc1)C(=O)N[C@@H](Cc1ccccc1)[C@](O)(C(=O)OC(C)(C)C)c1nccs1. The summed E-state index contributed by atoms with van der Waals surface area (Å²) in [5.41, 5.74) is 4.67. The summed E-state index contributed by atoms with van der Waals surface area (Å²) in [6, 6.07) is 15.6. The largest absolute Gasteiger partial charge is 0.457 e. The van der Waals surface area contributed by atoms with Crippen LogP contribution < -0.4 is 16.4 Å². The summed E-state index contributed by atoms with van der Waals surface area (Å²) in [5, 5.41) is 19.5. The second-order valence-corrected chi connectivity index (χ2v) is 12.7. The first kappa shape index (κ1) is 32.9. The monoisotopic (exact) mass is 594 g/mol. The van der Waals surface area contributed by atoms with Crippen molar-refractivity contribution in [2.45, 2.75) is 83.2 Å². The quantitative estimate of drug-likeness (QED) is 0.222. The van der Waals surface area contributed by atoms with E-state index in [2.05, 4.69) is 15.6 Å². The topological polar surface area (TPSA) is 144 Å². The van der Waals surface area contributed by atoms with E-state index < -0.39 is 47.1 Å². The number of ether oxygens (including phenoxy) is 1. The molecule has 0 aliphatic rings. The molecule has 0 bridgehead atoms. The zero-order valence-electron chi connectivity index (χ0n) is 24.9. The number of esters is 1. The van der Waals surface area contributed by atoms with Crippen molar-refractivity contribution in [2.75, 3.05) is 0 Å². The number of aliphatic hydroxyl groups is 1. The van der Waals surface area contributed by atoms with Gasteiger partial charge in [-0.15, -0.1) is 11.3 Å². The molecule has 2 aromatic carbocycles. The number of nitrogens with two attached hydrogens (primary N) is 1. The number of thiazole rings is 1. The first-order valence-electron chi connectivity index (χ1n) is 14.1. The van der Waals surface area contributed by atoms with Crippen LogP contribution in [0.3, 0.4) is 0 Å². The van der Waals surface area contributed by atoms with Gasteiger partial charge in [0, 0.05) is 11.6 Å². The van der Waals surface area contributed by atoms with Gasteiger partial charge in [-0.05, 0) is 57.1 Å². The number of carbonyl (C=O) groups is 3. The molecular formula is C32H42N4O5S. The fourth-order valence-corrected chi connectivity index (χ4v) is 5.29. The normalized spacial score (nSPS) is 15.2. The molecule has 0 aliphatic carbocycles. The molecule has 5 N–H and O–H groups in total. The second kappa shape index (κ2) is 14.5. The third-order valence-corrected chi connectivity index (χ3v) is 7.44. The number of amides is 2. The van der Waals surface area contributed by atoms with E-state index in [1.54, 1.807) is 26.2 Å². The Bertz CT molecular complexity index is 1300. The molecule has 3 aromatic rings. The number of aromatic nitrogens is 1. The summed E-state index contributed by atoms with van der Waals surface area (Å²) in [6.07, 6.45) is 2.20. The zero-order chi connectivity index (χ0) is 30.9. The van der Waals surface area contributed by atoms with E-state index in [9.17, 15) is 19.5 Å². The van der Waals surface area contributed by atoms with Gasteiger partial charge in [0.15, 0.2) is 0 Å². The summed E-state index contributed by atoms with van der Waals surface area (Å²) in [4.78, 5) is 44.9. The lowest BCUT2D eigenvalue weighted by atomic mass is 9.88. The molecule has 2 unspecified atom stereocenters. The smallest absolute Gasteiger partial charge is 0.348 e. The molecule has 4 atom stereocenters. The Hall–Kier alpha value is -3.60. The Kier molecular flexibility index (Phi) is 11.4. The first-order valence-corrected chi connectivity index (χ1v) is 15.0. The fraction of sp³-hybridized carbons (Fsp3) is 0.438. The molecular weight excluding hydrogens is 552 g/mol. The van der Waals surface area contributed by atoms with Crippen LogP contribution >= 0.6 is 11.3 Å². The molecule has 0 fully saturated rings. The van der Waals surface area contributed by atoms with E-state index >= 15 is 0 Å². The van der Waals surface area contributed by atoms with Gasteiger partial charge < -0.3 is 26.2 Å². The molecule has 0 spiro atoms. The van der Waals surface area contributed by atoms with E-state index in [1.165, 1.54) is 6.20 Å². The molecule has 9 nitrogen and oxygen atoms in total. The molecule has 42 heavy (non-hydrogen) atoms. The average molecular weight is 595 g/mol. The van der Waals surface area contributed by atoms with Crippen LogP contribution in [0.4, 0.5) is 0 Å². The number of nitrogens with one attached hydrogen (secondary N) is 2. The lowest BCUT2D eigenvalue weighted by molar-refractivity contribution is -0.182. The van der Waals surface area contributed by atoms with E-state index in [0.29, 0.717) is 12.8 Å². The maximum atomic E-state index is 13.9. The minimum absolute atomic E-state index is 0.0441. The van der Waals surface area contributed by atoms with Crippen molar-refractivity contribution >= 4 is 29.1 Å². The van der Waals surface area contributed by atoms with Crippen LogP contribution in [0.2, 0.25) is 0 Å². The highest BCUT2D eigenvalue weighted by Crippen LogP contribution is 2.32. The Morgan fingerprint density at radius 3 is 2.00 bits per heavy atom. The van der Waals surface area contributed by atoms with Crippen LogP contribution in [0.5, 0.6) is 0 Å². The summed E-state index contributed by atoms with van der Waals surface area (Å²) >= 11 is 1.09. The van der Waals surface area contributed by atoms with Crippen molar-refractivity contribution in [2.24, 2.45) is 11.7 Å². The second-order valence-electron chi connectivity index (χ2n) is 11.8. The third kappa shape index (κ3) is 9.20. The molecule has 2 amide bonds. The summed E-state index contributed by atoms with van der Waals surface area (Å²) in [7, 11) is 0. The van der Waals surface area contributed by atoms with Crippen molar-refractivity contribution in [1.29, 1.82) is 0 Å². The summed E-state index contributed by atoms with van der Waals surface area (Å²) in [5.74, 6) is -1.91. The number of rotatable bonds is 13. The van der Waals surface area contributed by atoms with Crippen molar-refractivity contribution in [3.05, 3.63) is 88.4 Å². The number of hydrogen-bond acceptors (Lipinski definition) is 8. The molecule has 3 rings (SSSR count). The van der Waals surface area contributed by atoms with Gasteiger partial charge in [-0.1, -0.05) is 74.5 Å². The van der Waals surface area contributed by atoms with Crippen LogP contribution in [-0.2, 0) is 37.6 Å². The van der Waals surface area contributed by atoms with Gasteiger partial charge in [0.1, 0.15) is 16.7 Å². The molecule has 0 saturated heterocycles. The summed E-state index contributed by atoms with van der Waals surface area (Å²) < 4.78 is 5.64. The molecule has 1 aromatic heterocycles. The lowest BCUT2D eigenvalue weighted by Crippen LogP contribution is -2.61. The maximum absolute atomic E-state index is 13.9. The third-order valence-electron chi connectivity index (χ3n) is 6.55. The van der Waals surface area contributed by atoms with Gasteiger partial charge in [-0.25, -0.2) is 9.78 Å². The van der Waals surface area contributed by atoms with Crippen molar-refractivity contribution in [1.82, 2.24) is 15.6 Å². The highest BCUT2D eigenvalue weighted by molar-refractivity contribution is 7.09. The van der Waals surface area contributed by atoms with Gasteiger partial charge in [-0.2, -0.15) is 0 Å². The van der Waals surface area contributed by atoms with Gasteiger partial charge in [0.25, 0.3) is 0 Å². The Labute approximate surface area is 251 Å². The predicted molar refractivity (Wildman–Crippen MR) is 163 cm³/mol. The van der Waals surface area contributed by atoms with Crippen LogP contribution in [0.15, 0.2) is 72.2 Å². The Morgan fingerprint density at radius 1 is 0.929 bits per heavy atom. The fourth-order valence-electron chi connectivity index (χ4n) is 4.51. The van der Waals surface area contributed by atoms with Crippen LogP contribution in [0.25, 0.3) is 0 Å². The van der Waals surface area contributed by atoms with Crippen LogP contribution in [-0.4, -0.2) is 51.6 Å². The standard InChI is InChI=1S/C32H42N4O5S/c1-21(2)18-25(35-27(37)24(33)19-22-12-8-6-9-13-22)28(38)36-26(20-23-14-10-7-11-15-23)32(40,29-34-16-17-42-29)30(39)41-31(3,4)5/h6-17,21,24-26,40H,18-20,33H2,1-5H3,(H,35,37)(H,36,38)/t24?,25?,26-,32+/m0/s1. The molecule has 0 aliphatic heterocycles. The number of hydrogen-bond donors (Lipinski definition) is 4. The summed E-state index contributed by atoms with van der Waals surface area (Å²) in [6.45, 7) is 8.97. The van der Waals surface area contributed by atoms with E-state index in [1.807, 2.05) is 74.5 Å². The number of benzene rings is 2. The Morgan fingerprint density at radius 2 is 1.50 bits per heavy atom. The molecule has 0 radical (unpaired) electrons. The van der Waals surface area contributed by atoms with Gasteiger partial charge in [-0.3, -0.25) is 9.59 Å². The molecule has 226 valence electrons. The van der Waals surface area contributed by atoms with Gasteiger partial charge in [0.2, 0.25) is 17.4 Å². The van der Waals surface area contributed by atoms with Crippen molar-refractivity contribution in [3.63, 3.8) is 0 Å². The van der Waals surface area contributed by atoms with Crippen molar-refractivity contribution in [3.8, 4) is 0 Å². The first-order chi connectivity index (χ1) is 19.8. The van der Waals surface area contributed by atoms with E-state index in [0.717, 1.165) is 22.5 Å². The average Bonchev–Trinajstić information content (AvgIpc) is 3.47. The van der Waals surface area contributed by atoms with E-state index in [-0.39, 0.29) is 17.3 Å². The van der Waals surface area contributed by atoms with E-state index in [4.69, 9.17) is 10.5 Å². The van der Waals surface area contributed by atoms with Crippen LogP contribution in [0, 0.1) is 5.92 Å². The molecule has 10 heteroatoms. The maximum Gasteiger partial charge on any atom is 0.348 e. The van der Waals surface area contributed by atoms with Gasteiger partial charge in [0.05, 0.1) is 12.1 Å². The minimum Gasteiger partial charge on any atom is -0.457 e. The van der Waals surface area contributed by atoms with Gasteiger partial charge >= 0.3 is 5.97 Å².